The minimum atomic E-state index is -0.121. The highest BCUT2D eigenvalue weighted by atomic mass is 16.1. The van der Waals surface area contributed by atoms with E-state index in [1.807, 2.05) is 6.92 Å². The third-order valence-electron chi connectivity index (χ3n) is 2.92. The van der Waals surface area contributed by atoms with Crippen LogP contribution in [0.1, 0.15) is 35.4 Å². The molecular formula is C12H18N4O. The predicted octanol–water partition coefficient (Wildman–Crippen LogP) is 0.657. The average molecular weight is 234 g/mol. The molecule has 0 spiro atoms. The van der Waals surface area contributed by atoms with E-state index in [-0.39, 0.29) is 11.9 Å². The Morgan fingerprint density at radius 3 is 3.00 bits per heavy atom. The van der Waals surface area contributed by atoms with Crippen LogP contribution in [0.25, 0.3) is 0 Å². The fourth-order valence-corrected chi connectivity index (χ4v) is 1.93. The summed E-state index contributed by atoms with van der Waals surface area (Å²) in [5, 5.41) is 6.33. The molecule has 0 saturated carbocycles. The summed E-state index contributed by atoms with van der Waals surface area (Å²) >= 11 is 0. The minimum Gasteiger partial charge on any atom is -0.348 e. The summed E-state index contributed by atoms with van der Waals surface area (Å²) in [5.41, 5.74) is 1.22. The summed E-state index contributed by atoms with van der Waals surface area (Å²) < 4.78 is 0. The van der Waals surface area contributed by atoms with Crippen LogP contribution in [0.4, 0.5) is 0 Å². The zero-order chi connectivity index (χ0) is 12.1. The first-order chi connectivity index (χ1) is 8.25. The van der Waals surface area contributed by atoms with Crippen molar-refractivity contribution in [2.24, 2.45) is 0 Å². The van der Waals surface area contributed by atoms with Crippen molar-refractivity contribution >= 4 is 5.91 Å². The van der Waals surface area contributed by atoms with E-state index in [9.17, 15) is 4.79 Å². The average Bonchev–Trinajstić information content (AvgIpc) is 2.58. The molecule has 1 aliphatic rings. The van der Waals surface area contributed by atoms with E-state index in [1.165, 1.54) is 6.20 Å². The normalized spacial score (nSPS) is 20.6. The molecule has 5 nitrogen and oxygen atoms in total. The van der Waals surface area contributed by atoms with Crippen LogP contribution in [0.3, 0.4) is 0 Å². The summed E-state index contributed by atoms with van der Waals surface area (Å²) in [6, 6.07) is 0.251. The van der Waals surface area contributed by atoms with Crippen LogP contribution >= 0.6 is 0 Å². The van der Waals surface area contributed by atoms with E-state index in [4.69, 9.17) is 0 Å². The van der Waals surface area contributed by atoms with Crippen molar-refractivity contribution in [3.63, 3.8) is 0 Å². The maximum Gasteiger partial charge on any atom is 0.271 e. The van der Waals surface area contributed by atoms with Crippen LogP contribution in [0.15, 0.2) is 12.4 Å². The van der Waals surface area contributed by atoms with E-state index in [2.05, 4.69) is 20.6 Å². The van der Waals surface area contributed by atoms with E-state index in [1.54, 1.807) is 6.20 Å². The van der Waals surface area contributed by atoms with Gasteiger partial charge in [-0.1, -0.05) is 0 Å². The summed E-state index contributed by atoms with van der Waals surface area (Å²) in [7, 11) is 0. The molecule has 1 amide bonds. The number of nitrogens with one attached hydrogen (secondary N) is 2. The molecule has 0 bridgehead atoms. The Labute approximate surface area is 101 Å². The summed E-state index contributed by atoms with van der Waals surface area (Å²) in [5.74, 6) is -0.121. The Kier molecular flexibility index (Phi) is 4.03. The lowest BCUT2D eigenvalue weighted by atomic mass is 10.1. The van der Waals surface area contributed by atoms with Gasteiger partial charge in [0.15, 0.2) is 0 Å². The smallest absolute Gasteiger partial charge is 0.271 e. The van der Waals surface area contributed by atoms with Crippen LogP contribution < -0.4 is 10.6 Å². The topological polar surface area (TPSA) is 66.9 Å². The van der Waals surface area contributed by atoms with Gasteiger partial charge in [0.2, 0.25) is 0 Å². The summed E-state index contributed by atoms with van der Waals surface area (Å²) in [6.07, 6.45) is 6.25. The molecule has 1 saturated heterocycles. The van der Waals surface area contributed by atoms with Gasteiger partial charge in [0.1, 0.15) is 5.69 Å². The SMILES string of the molecule is Cc1cnc(C(=O)N[C@H]2CCCNCC2)cn1. The molecule has 1 atom stereocenters. The second-order valence-corrected chi connectivity index (χ2v) is 4.39. The van der Waals surface area contributed by atoms with Gasteiger partial charge >= 0.3 is 0 Å². The predicted molar refractivity (Wildman–Crippen MR) is 64.7 cm³/mol. The first kappa shape index (κ1) is 12.0. The third-order valence-corrected chi connectivity index (χ3v) is 2.92. The van der Waals surface area contributed by atoms with E-state index >= 15 is 0 Å². The van der Waals surface area contributed by atoms with Crippen LogP contribution in [0.5, 0.6) is 0 Å². The van der Waals surface area contributed by atoms with Crippen molar-refractivity contribution in [3.8, 4) is 0 Å². The van der Waals surface area contributed by atoms with Crippen molar-refractivity contribution in [1.82, 2.24) is 20.6 Å². The zero-order valence-corrected chi connectivity index (χ0v) is 10.1. The van der Waals surface area contributed by atoms with Gasteiger partial charge in [-0.3, -0.25) is 9.78 Å². The molecule has 1 aromatic rings. The highest BCUT2D eigenvalue weighted by Gasteiger charge is 2.16. The van der Waals surface area contributed by atoms with Crippen molar-refractivity contribution in [1.29, 1.82) is 0 Å². The fourth-order valence-electron chi connectivity index (χ4n) is 1.93. The maximum atomic E-state index is 11.9. The standard InChI is InChI=1S/C12H18N4O/c1-9-7-15-11(8-14-9)12(17)16-10-3-2-5-13-6-4-10/h7-8,10,13H,2-6H2,1H3,(H,16,17)/t10-/m0/s1. The Bertz CT molecular complexity index is 369. The first-order valence-corrected chi connectivity index (χ1v) is 6.06. The molecule has 0 unspecified atom stereocenters. The minimum absolute atomic E-state index is 0.121. The van der Waals surface area contributed by atoms with Crippen molar-refractivity contribution < 1.29 is 4.79 Å². The van der Waals surface area contributed by atoms with Gasteiger partial charge in [-0.05, 0) is 39.3 Å². The Hall–Kier alpha value is -1.49. The quantitative estimate of drug-likeness (QED) is 0.788. The molecule has 17 heavy (non-hydrogen) atoms. The monoisotopic (exact) mass is 234 g/mol. The van der Waals surface area contributed by atoms with E-state index in [0.717, 1.165) is 38.0 Å². The maximum absolute atomic E-state index is 11.9. The van der Waals surface area contributed by atoms with Gasteiger partial charge in [-0.15, -0.1) is 0 Å². The molecule has 1 aliphatic heterocycles. The lowest BCUT2D eigenvalue weighted by Crippen LogP contribution is -2.35. The number of hydrogen-bond acceptors (Lipinski definition) is 4. The molecule has 5 heteroatoms. The highest BCUT2D eigenvalue weighted by molar-refractivity contribution is 5.92. The van der Waals surface area contributed by atoms with Gasteiger partial charge in [0.05, 0.1) is 11.9 Å². The van der Waals surface area contributed by atoms with Crippen LogP contribution in [0, 0.1) is 6.92 Å². The molecule has 0 aliphatic carbocycles. The van der Waals surface area contributed by atoms with Crippen LogP contribution in [-0.2, 0) is 0 Å². The molecule has 1 fully saturated rings. The molecular weight excluding hydrogens is 216 g/mol. The van der Waals surface area contributed by atoms with Crippen LogP contribution in [0.2, 0.25) is 0 Å². The number of carbonyl (C=O) groups is 1. The second-order valence-electron chi connectivity index (χ2n) is 4.39. The van der Waals surface area contributed by atoms with Crippen molar-refractivity contribution in [3.05, 3.63) is 23.8 Å². The van der Waals surface area contributed by atoms with Gasteiger partial charge < -0.3 is 10.6 Å². The molecule has 0 aromatic carbocycles. The molecule has 2 heterocycles. The second kappa shape index (κ2) is 5.72. The van der Waals surface area contributed by atoms with Crippen LogP contribution in [-0.4, -0.2) is 35.0 Å². The van der Waals surface area contributed by atoms with Crippen molar-refractivity contribution in [2.45, 2.75) is 32.2 Å². The van der Waals surface area contributed by atoms with Gasteiger partial charge in [-0.25, -0.2) is 4.98 Å². The molecule has 2 rings (SSSR count). The number of aromatic nitrogens is 2. The summed E-state index contributed by atoms with van der Waals surface area (Å²) in [6.45, 7) is 3.85. The van der Waals surface area contributed by atoms with Crippen molar-refractivity contribution in [2.75, 3.05) is 13.1 Å². The Morgan fingerprint density at radius 1 is 1.35 bits per heavy atom. The Balaban J connectivity index is 1.93. The lowest BCUT2D eigenvalue weighted by Gasteiger charge is -2.15. The number of amides is 1. The zero-order valence-electron chi connectivity index (χ0n) is 10.1. The lowest BCUT2D eigenvalue weighted by molar-refractivity contribution is 0.0928. The number of carbonyl (C=O) groups excluding carboxylic acids is 1. The van der Waals surface area contributed by atoms with Gasteiger partial charge in [-0.2, -0.15) is 0 Å². The van der Waals surface area contributed by atoms with Gasteiger partial charge in [0, 0.05) is 12.2 Å². The van der Waals surface area contributed by atoms with Gasteiger partial charge in [0.25, 0.3) is 5.91 Å². The number of hydrogen-bond donors (Lipinski definition) is 2. The third kappa shape index (κ3) is 3.49. The first-order valence-electron chi connectivity index (χ1n) is 6.06. The molecule has 1 aromatic heterocycles. The Morgan fingerprint density at radius 2 is 2.24 bits per heavy atom. The number of aryl methyl sites for hydroxylation is 1. The van der Waals surface area contributed by atoms with E-state index < -0.39 is 0 Å². The molecule has 92 valence electrons. The molecule has 2 N–H and O–H groups in total. The summed E-state index contributed by atoms with van der Waals surface area (Å²) in [4.78, 5) is 20.1. The largest absolute Gasteiger partial charge is 0.348 e. The highest BCUT2D eigenvalue weighted by Crippen LogP contribution is 2.06. The van der Waals surface area contributed by atoms with E-state index in [0.29, 0.717) is 5.69 Å². The number of nitrogens with zero attached hydrogens (tertiary/aromatic N) is 2. The molecule has 0 radical (unpaired) electrons. The number of rotatable bonds is 2. The fraction of sp³-hybridized carbons (Fsp3) is 0.583.